The van der Waals surface area contributed by atoms with Gasteiger partial charge in [0.2, 0.25) is 5.91 Å². The van der Waals surface area contributed by atoms with Gasteiger partial charge in [-0.25, -0.2) is 8.42 Å². The number of hydrogen-bond acceptors (Lipinski definition) is 4. The van der Waals surface area contributed by atoms with Crippen molar-refractivity contribution >= 4 is 21.4 Å². The Morgan fingerprint density at radius 1 is 1.24 bits per heavy atom. The third-order valence-corrected chi connectivity index (χ3v) is 3.67. The van der Waals surface area contributed by atoms with Crippen LogP contribution < -0.4 is 10.1 Å². The molecule has 0 radical (unpaired) electrons. The molecule has 1 aromatic rings. The summed E-state index contributed by atoms with van der Waals surface area (Å²) in [4.78, 5) is 11.7. The predicted molar refractivity (Wildman–Crippen MR) is 84.3 cm³/mol. The van der Waals surface area contributed by atoms with Gasteiger partial charge >= 0.3 is 0 Å². The van der Waals surface area contributed by atoms with Crippen molar-refractivity contribution in [3.63, 3.8) is 0 Å². The summed E-state index contributed by atoms with van der Waals surface area (Å²) in [5, 5.41) is 2.73. The van der Waals surface area contributed by atoms with Crippen LogP contribution >= 0.6 is 0 Å². The molecule has 1 amide bonds. The Morgan fingerprint density at radius 3 is 2.38 bits per heavy atom. The molecule has 0 saturated carbocycles. The first-order valence-electron chi connectivity index (χ1n) is 6.97. The van der Waals surface area contributed by atoms with Crippen LogP contribution in [0.2, 0.25) is 0 Å². The standard InChI is InChI=1S/C15H23NO4S/c1-12(2)11-20-14-8-6-13(7-9-14)16-15(17)5-4-10-21(3,18)19/h6-9,12H,4-5,10-11H2,1-3H3,(H,16,17). The minimum Gasteiger partial charge on any atom is -0.493 e. The van der Waals surface area contributed by atoms with Crippen LogP contribution in [0.4, 0.5) is 5.69 Å². The maximum absolute atomic E-state index is 11.7. The molecule has 0 aliphatic carbocycles. The van der Waals surface area contributed by atoms with E-state index < -0.39 is 9.84 Å². The van der Waals surface area contributed by atoms with Gasteiger partial charge in [-0.15, -0.1) is 0 Å². The van der Waals surface area contributed by atoms with Crippen LogP contribution in [-0.4, -0.2) is 32.9 Å². The third-order valence-electron chi connectivity index (χ3n) is 2.64. The van der Waals surface area contributed by atoms with Gasteiger partial charge < -0.3 is 10.1 Å². The summed E-state index contributed by atoms with van der Waals surface area (Å²) in [6.07, 6.45) is 1.69. The Morgan fingerprint density at radius 2 is 1.86 bits per heavy atom. The largest absolute Gasteiger partial charge is 0.493 e. The minimum absolute atomic E-state index is 0.0302. The number of benzene rings is 1. The van der Waals surface area contributed by atoms with Crippen molar-refractivity contribution in [3.8, 4) is 5.75 Å². The lowest BCUT2D eigenvalue weighted by molar-refractivity contribution is -0.116. The smallest absolute Gasteiger partial charge is 0.224 e. The number of carbonyl (C=O) groups excluding carboxylic acids is 1. The molecule has 21 heavy (non-hydrogen) atoms. The number of sulfone groups is 1. The Balaban J connectivity index is 2.39. The van der Waals surface area contributed by atoms with E-state index in [1.54, 1.807) is 24.3 Å². The van der Waals surface area contributed by atoms with Gasteiger partial charge in [0.25, 0.3) is 0 Å². The fraction of sp³-hybridized carbons (Fsp3) is 0.533. The second kappa shape index (κ2) is 8.02. The topological polar surface area (TPSA) is 72.5 Å². The zero-order chi connectivity index (χ0) is 15.9. The number of amides is 1. The monoisotopic (exact) mass is 313 g/mol. The molecular weight excluding hydrogens is 290 g/mol. The summed E-state index contributed by atoms with van der Waals surface area (Å²) in [7, 11) is -3.01. The summed E-state index contributed by atoms with van der Waals surface area (Å²) in [5.41, 5.74) is 0.677. The molecule has 0 heterocycles. The summed E-state index contributed by atoms with van der Waals surface area (Å²) in [6.45, 7) is 4.80. The molecule has 0 saturated heterocycles. The molecule has 1 N–H and O–H groups in total. The normalized spacial score (nSPS) is 11.4. The lowest BCUT2D eigenvalue weighted by Crippen LogP contribution is -2.13. The highest BCUT2D eigenvalue weighted by Gasteiger charge is 2.06. The van der Waals surface area contributed by atoms with Gasteiger partial charge in [-0.2, -0.15) is 0 Å². The lowest BCUT2D eigenvalue weighted by atomic mass is 10.2. The fourth-order valence-corrected chi connectivity index (χ4v) is 2.28. The van der Waals surface area contributed by atoms with E-state index in [4.69, 9.17) is 4.74 Å². The minimum atomic E-state index is -3.01. The molecule has 0 aromatic heterocycles. The second-order valence-corrected chi connectivity index (χ2v) is 7.77. The van der Waals surface area contributed by atoms with Gasteiger partial charge in [0.15, 0.2) is 0 Å². The molecule has 0 fully saturated rings. The summed E-state index contributed by atoms with van der Waals surface area (Å²) >= 11 is 0. The van der Waals surface area contributed by atoms with E-state index >= 15 is 0 Å². The number of anilines is 1. The van der Waals surface area contributed by atoms with Crippen LogP contribution in [0, 0.1) is 5.92 Å². The van der Waals surface area contributed by atoms with Crippen molar-refractivity contribution < 1.29 is 17.9 Å². The Bertz CT molecular complexity index is 550. The first kappa shape index (κ1) is 17.5. The predicted octanol–water partition coefficient (Wildman–Crippen LogP) is 2.48. The first-order chi connectivity index (χ1) is 9.76. The number of rotatable bonds is 8. The van der Waals surface area contributed by atoms with Gasteiger partial charge in [-0.05, 0) is 36.6 Å². The van der Waals surface area contributed by atoms with Crippen molar-refractivity contribution in [1.82, 2.24) is 0 Å². The zero-order valence-corrected chi connectivity index (χ0v) is 13.6. The third kappa shape index (κ3) is 8.34. The number of hydrogen-bond donors (Lipinski definition) is 1. The second-order valence-electron chi connectivity index (χ2n) is 5.51. The van der Waals surface area contributed by atoms with Crippen LogP contribution in [0.15, 0.2) is 24.3 Å². The van der Waals surface area contributed by atoms with Crippen molar-refractivity contribution in [3.05, 3.63) is 24.3 Å². The average Bonchev–Trinajstić information content (AvgIpc) is 2.36. The highest BCUT2D eigenvalue weighted by Crippen LogP contribution is 2.16. The van der Waals surface area contributed by atoms with Crippen LogP contribution in [0.25, 0.3) is 0 Å². The van der Waals surface area contributed by atoms with Crippen LogP contribution in [0.5, 0.6) is 5.75 Å². The van der Waals surface area contributed by atoms with Crippen molar-refractivity contribution in [1.29, 1.82) is 0 Å². The number of ether oxygens (including phenoxy) is 1. The molecule has 6 heteroatoms. The lowest BCUT2D eigenvalue weighted by Gasteiger charge is -2.10. The van der Waals surface area contributed by atoms with E-state index in [1.165, 1.54) is 6.26 Å². The average molecular weight is 313 g/mol. The molecule has 0 unspecified atom stereocenters. The van der Waals surface area contributed by atoms with Gasteiger partial charge in [0.1, 0.15) is 15.6 Å². The molecule has 0 atom stereocenters. The van der Waals surface area contributed by atoms with E-state index in [-0.39, 0.29) is 18.1 Å². The quantitative estimate of drug-likeness (QED) is 0.800. The van der Waals surface area contributed by atoms with Gasteiger partial charge in [0.05, 0.1) is 12.4 Å². The van der Waals surface area contributed by atoms with Crippen LogP contribution in [-0.2, 0) is 14.6 Å². The molecule has 118 valence electrons. The van der Waals surface area contributed by atoms with Crippen LogP contribution in [0.3, 0.4) is 0 Å². The molecule has 1 aromatic carbocycles. The van der Waals surface area contributed by atoms with Crippen molar-refractivity contribution in [2.24, 2.45) is 5.92 Å². The summed E-state index contributed by atoms with van der Waals surface area (Å²) in [6, 6.07) is 7.14. The highest BCUT2D eigenvalue weighted by atomic mass is 32.2. The van der Waals surface area contributed by atoms with E-state index in [2.05, 4.69) is 19.2 Å². The van der Waals surface area contributed by atoms with Gasteiger partial charge in [0, 0.05) is 18.4 Å². The van der Waals surface area contributed by atoms with Crippen molar-refractivity contribution in [2.45, 2.75) is 26.7 Å². The zero-order valence-electron chi connectivity index (χ0n) is 12.8. The highest BCUT2D eigenvalue weighted by molar-refractivity contribution is 7.90. The first-order valence-corrected chi connectivity index (χ1v) is 9.03. The fourth-order valence-electron chi connectivity index (χ4n) is 1.62. The molecule has 0 spiro atoms. The maximum atomic E-state index is 11.7. The van der Waals surface area contributed by atoms with E-state index in [9.17, 15) is 13.2 Å². The Hall–Kier alpha value is -1.56. The summed E-state index contributed by atoms with van der Waals surface area (Å²) in [5.74, 6) is 1.06. The van der Waals surface area contributed by atoms with Gasteiger partial charge in [-0.3, -0.25) is 4.79 Å². The molecule has 0 aliphatic rings. The van der Waals surface area contributed by atoms with Crippen LogP contribution in [0.1, 0.15) is 26.7 Å². The molecule has 0 aliphatic heterocycles. The molecule has 1 rings (SSSR count). The van der Waals surface area contributed by atoms with E-state index in [0.717, 1.165) is 5.75 Å². The Labute approximate surface area is 126 Å². The maximum Gasteiger partial charge on any atom is 0.224 e. The molecular formula is C15H23NO4S. The van der Waals surface area contributed by atoms with Gasteiger partial charge in [-0.1, -0.05) is 13.8 Å². The van der Waals surface area contributed by atoms with E-state index in [1.807, 2.05) is 0 Å². The molecule has 0 bridgehead atoms. The molecule has 5 nitrogen and oxygen atoms in total. The number of nitrogens with one attached hydrogen (secondary N) is 1. The Kier molecular flexibility index (Phi) is 6.68. The SMILES string of the molecule is CC(C)COc1ccc(NC(=O)CCCS(C)(=O)=O)cc1. The van der Waals surface area contributed by atoms with Crippen molar-refractivity contribution in [2.75, 3.05) is 23.9 Å². The van der Waals surface area contributed by atoms with E-state index in [0.29, 0.717) is 24.6 Å². The number of carbonyl (C=O) groups is 1. The summed E-state index contributed by atoms with van der Waals surface area (Å²) < 4.78 is 27.5.